The average molecular weight is 375 g/mol. The fourth-order valence-electron chi connectivity index (χ4n) is 3.11. The molecule has 0 spiro atoms. The Bertz CT molecular complexity index is 1210. The molecule has 4 aromatic rings. The minimum absolute atomic E-state index is 0.426. The van der Waals surface area contributed by atoms with Crippen molar-refractivity contribution in [2.45, 2.75) is 13.3 Å². The molecule has 3 heterocycles. The lowest BCUT2D eigenvalue weighted by Gasteiger charge is -2.09. The summed E-state index contributed by atoms with van der Waals surface area (Å²) in [6.07, 6.45) is 9.88. The molecule has 3 N–H and O–H groups in total. The molecule has 0 saturated heterocycles. The van der Waals surface area contributed by atoms with Crippen LogP contribution in [0.1, 0.15) is 28.8 Å². The third kappa shape index (κ3) is 2.80. The van der Waals surface area contributed by atoms with Crippen LogP contribution in [0.2, 0.25) is 0 Å². The number of pyridine rings is 1. The quantitative estimate of drug-likeness (QED) is 0.523. The van der Waals surface area contributed by atoms with Crippen LogP contribution in [0.5, 0.6) is 0 Å². The standard InChI is InChI=1S/C20H17N5OS/c1-3-9-23-18-17-12-5-8-16(25-11-10-22-15(25)4-2)24-13(12)6-7-14(17)27-19(18)20(21)26/h2,5-8,10-11,23H,3,9H2,1H3,(H2,21,26). The number of terminal acetylenes is 1. The Hall–Kier alpha value is -3.37. The number of aromatic nitrogens is 3. The van der Waals surface area contributed by atoms with Crippen LogP contribution in [0.3, 0.4) is 0 Å². The number of primary amides is 1. The van der Waals surface area contributed by atoms with Crippen LogP contribution in [0.15, 0.2) is 36.7 Å². The van der Waals surface area contributed by atoms with Crippen molar-refractivity contribution < 1.29 is 4.79 Å². The number of imidazole rings is 1. The van der Waals surface area contributed by atoms with E-state index in [1.54, 1.807) is 17.0 Å². The number of fused-ring (bicyclic) bond motifs is 3. The van der Waals surface area contributed by atoms with Crippen molar-refractivity contribution in [1.82, 2.24) is 14.5 Å². The third-order valence-electron chi connectivity index (χ3n) is 4.30. The molecule has 27 heavy (non-hydrogen) atoms. The second kappa shape index (κ2) is 6.74. The van der Waals surface area contributed by atoms with Crippen molar-refractivity contribution in [3.8, 4) is 18.2 Å². The summed E-state index contributed by atoms with van der Waals surface area (Å²) in [6.45, 7) is 2.83. The van der Waals surface area contributed by atoms with E-state index in [1.807, 2.05) is 24.3 Å². The molecule has 0 bridgehead atoms. The molecule has 0 aliphatic carbocycles. The molecule has 0 aliphatic rings. The van der Waals surface area contributed by atoms with E-state index < -0.39 is 5.91 Å². The Morgan fingerprint density at radius 3 is 2.96 bits per heavy atom. The van der Waals surface area contributed by atoms with Gasteiger partial charge in [-0.2, -0.15) is 0 Å². The molecule has 134 valence electrons. The van der Waals surface area contributed by atoms with Gasteiger partial charge in [0.15, 0.2) is 5.82 Å². The predicted molar refractivity (Wildman–Crippen MR) is 109 cm³/mol. The van der Waals surface area contributed by atoms with Gasteiger partial charge in [0, 0.05) is 34.4 Å². The largest absolute Gasteiger partial charge is 0.383 e. The molecule has 0 radical (unpaired) electrons. The zero-order chi connectivity index (χ0) is 19.0. The van der Waals surface area contributed by atoms with Gasteiger partial charge in [0.1, 0.15) is 10.7 Å². The molecule has 1 aromatic carbocycles. The molecule has 0 fully saturated rings. The third-order valence-corrected chi connectivity index (χ3v) is 5.47. The molecule has 0 aliphatic heterocycles. The maximum atomic E-state index is 11.9. The number of benzene rings is 1. The highest BCUT2D eigenvalue weighted by molar-refractivity contribution is 7.21. The molecule has 0 unspecified atom stereocenters. The molecule has 7 heteroatoms. The van der Waals surface area contributed by atoms with Crippen LogP contribution in [-0.4, -0.2) is 27.0 Å². The zero-order valence-electron chi connectivity index (χ0n) is 14.7. The maximum absolute atomic E-state index is 11.9. The number of nitrogens with zero attached hydrogens (tertiary/aromatic N) is 3. The number of nitrogens with two attached hydrogens (primary N) is 1. The number of thiophene rings is 1. The van der Waals surface area contributed by atoms with Gasteiger partial charge >= 0.3 is 0 Å². The van der Waals surface area contributed by atoms with Crippen molar-refractivity contribution in [2.75, 3.05) is 11.9 Å². The first kappa shape index (κ1) is 17.1. The molecule has 0 atom stereocenters. The average Bonchev–Trinajstić information content (AvgIpc) is 3.30. The summed E-state index contributed by atoms with van der Waals surface area (Å²) in [5, 5.41) is 5.29. The number of rotatable bonds is 5. The van der Waals surface area contributed by atoms with Gasteiger partial charge in [0.2, 0.25) is 0 Å². The van der Waals surface area contributed by atoms with Gasteiger partial charge in [0.25, 0.3) is 5.91 Å². The predicted octanol–water partition coefficient (Wildman–Crippen LogP) is 3.54. The van der Waals surface area contributed by atoms with Gasteiger partial charge in [-0.25, -0.2) is 9.97 Å². The fourth-order valence-corrected chi connectivity index (χ4v) is 4.16. The highest BCUT2D eigenvalue weighted by atomic mass is 32.1. The summed E-state index contributed by atoms with van der Waals surface area (Å²) in [4.78, 5) is 21.3. The highest BCUT2D eigenvalue weighted by Crippen LogP contribution is 2.40. The van der Waals surface area contributed by atoms with E-state index in [0.29, 0.717) is 16.5 Å². The van der Waals surface area contributed by atoms with E-state index >= 15 is 0 Å². The molecular formula is C20H17N5OS. The van der Waals surface area contributed by atoms with Gasteiger partial charge < -0.3 is 11.1 Å². The van der Waals surface area contributed by atoms with Crippen LogP contribution in [-0.2, 0) is 0 Å². The Morgan fingerprint density at radius 2 is 2.22 bits per heavy atom. The van der Waals surface area contributed by atoms with Crippen molar-refractivity contribution in [2.24, 2.45) is 5.73 Å². The SMILES string of the molecule is C#Cc1nccn1-c1ccc2c(ccc3sc(C(N)=O)c(NCCC)c32)n1. The van der Waals surface area contributed by atoms with Gasteiger partial charge in [-0.3, -0.25) is 9.36 Å². The normalized spacial score (nSPS) is 11.0. The summed E-state index contributed by atoms with van der Waals surface area (Å²) in [7, 11) is 0. The molecular weight excluding hydrogens is 358 g/mol. The zero-order valence-corrected chi connectivity index (χ0v) is 15.5. The van der Waals surface area contributed by atoms with Gasteiger partial charge in [-0.05, 0) is 36.6 Å². The van der Waals surface area contributed by atoms with Crippen LogP contribution in [0.4, 0.5) is 5.69 Å². The number of amides is 1. The second-order valence-corrected chi connectivity index (χ2v) is 7.09. The Morgan fingerprint density at radius 1 is 1.37 bits per heavy atom. The van der Waals surface area contributed by atoms with E-state index in [0.717, 1.165) is 39.6 Å². The summed E-state index contributed by atoms with van der Waals surface area (Å²) in [6, 6.07) is 7.81. The van der Waals surface area contributed by atoms with Gasteiger partial charge in [-0.15, -0.1) is 17.8 Å². The number of hydrogen-bond donors (Lipinski definition) is 2. The topological polar surface area (TPSA) is 85.8 Å². The lowest BCUT2D eigenvalue weighted by molar-refractivity contribution is 0.100. The first-order chi connectivity index (χ1) is 13.1. The monoisotopic (exact) mass is 375 g/mol. The molecule has 0 saturated carbocycles. The number of carbonyl (C=O) groups excluding carboxylic acids is 1. The van der Waals surface area contributed by atoms with E-state index in [-0.39, 0.29) is 0 Å². The lowest BCUT2D eigenvalue weighted by Crippen LogP contribution is -2.12. The first-order valence-electron chi connectivity index (χ1n) is 8.54. The van der Waals surface area contributed by atoms with E-state index in [1.165, 1.54) is 11.3 Å². The van der Waals surface area contributed by atoms with Crippen LogP contribution in [0.25, 0.3) is 26.8 Å². The van der Waals surface area contributed by atoms with Crippen molar-refractivity contribution in [1.29, 1.82) is 0 Å². The summed E-state index contributed by atoms with van der Waals surface area (Å²) in [5.41, 5.74) is 7.20. The minimum atomic E-state index is -0.426. The van der Waals surface area contributed by atoms with Crippen molar-refractivity contribution in [3.63, 3.8) is 0 Å². The Kier molecular flexibility index (Phi) is 4.26. The van der Waals surface area contributed by atoms with E-state index in [9.17, 15) is 4.79 Å². The molecule has 1 amide bonds. The number of carbonyl (C=O) groups is 1. The van der Waals surface area contributed by atoms with Gasteiger partial charge in [0.05, 0.1) is 11.2 Å². The fraction of sp³-hybridized carbons (Fsp3) is 0.150. The molecule has 3 aromatic heterocycles. The number of anilines is 1. The van der Waals surface area contributed by atoms with Crippen molar-refractivity contribution in [3.05, 3.63) is 47.4 Å². The number of nitrogens with one attached hydrogen (secondary N) is 1. The lowest BCUT2D eigenvalue weighted by atomic mass is 10.1. The van der Waals surface area contributed by atoms with E-state index in [2.05, 4.69) is 23.1 Å². The first-order valence-corrected chi connectivity index (χ1v) is 9.36. The molecule has 4 rings (SSSR count). The Balaban J connectivity index is 1.96. The highest BCUT2D eigenvalue weighted by Gasteiger charge is 2.19. The van der Waals surface area contributed by atoms with Crippen LogP contribution >= 0.6 is 11.3 Å². The van der Waals surface area contributed by atoms with Gasteiger partial charge in [-0.1, -0.05) is 6.92 Å². The summed E-state index contributed by atoms with van der Waals surface area (Å²) < 4.78 is 2.76. The Labute approximate surface area is 160 Å². The minimum Gasteiger partial charge on any atom is -0.383 e. The van der Waals surface area contributed by atoms with Crippen LogP contribution in [0, 0.1) is 12.3 Å². The molecule has 6 nitrogen and oxygen atoms in total. The number of hydrogen-bond acceptors (Lipinski definition) is 5. The smallest absolute Gasteiger partial charge is 0.260 e. The maximum Gasteiger partial charge on any atom is 0.260 e. The summed E-state index contributed by atoms with van der Waals surface area (Å²) >= 11 is 1.40. The second-order valence-electron chi connectivity index (χ2n) is 6.04. The van der Waals surface area contributed by atoms with E-state index in [4.69, 9.17) is 17.1 Å². The van der Waals surface area contributed by atoms with Crippen molar-refractivity contribution >= 4 is 43.9 Å². The summed E-state index contributed by atoms with van der Waals surface area (Å²) in [5.74, 6) is 3.32. The van der Waals surface area contributed by atoms with Crippen LogP contribution < -0.4 is 11.1 Å².